The lowest BCUT2D eigenvalue weighted by atomic mass is 9.64. The molecule has 1 N–H and O–H groups in total. The maximum Gasteiger partial charge on any atom is 0.407 e. The Kier molecular flexibility index (Phi) is 4.86. The Morgan fingerprint density at radius 1 is 1.15 bits per heavy atom. The van der Waals surface area contributed by atoms with Gasteiger partial charge >= 0.3 is 6.09 Å². The lowest BCUT2D eigenvalue weighted by Gasteiger charge is -2.49. The number of piperidine rings is 1. The average Bonchev–Trinajstić information content (AvgIpc) is 2.94. The quantitative estimate of drug-likeness (QED) is 0.818. The van der Waals surface area contributed by atoms with Crippen molar-refractivity contribution in [1.29, 1.82) is 0 Å². The van der Waals surface area contributed by atoms with Gasteiger partial charge in [-0.1, -0.05) is 20.8 Å². The number of anilines is 1. The Bertz CT molecular complexity index is 809. The molecule has 1 atom stereocenters. The van der Waals surface area contributed by atoms with Crippen LogP contribution in [-0.4, -0.2) is 66.4 Å². The standard InChI is InChI=1S/C18H28N4O4S/c1-17(2,3)14-18(5-8-21(9-6-18)16(23)24)7-10-22(14)15-19-11-13(12-20-15)27(4,25)26/h11-12,14H,5-10H2,1-4H3,(H,23,24). The molecule has 2 saturated heterocycles. The Labute approximate surface area is 160 Å². The van der Waals surface area contributed by atoms with Crippen LogP contribution in [0.25, 0.3) is 0 Å². The SMILES string of the molecule is CC(C)(C)C1N(c2ncc(S(C)(=O)=O)cn2)CCC12CCN(C(=O)O)CC2. The molecule has 27 heavy (non-hydrogen) atoms. The molecule has 2 fully saturated rings. The van der Waals surface area contributed by atoms with Crippen molar-refractivity contribution in [1.82, 2.24) is 14.9 Å². The maximum absolute atomic E-state index is 11.7. The Morgan fingerprint density at radius 2 is 1.67 bits per heavy atom. The van der Waals surface area contributed by atoms with Gasteiger partial charge in [-0.05, 0) is 30.1 Å². The van der Waals surface area contributed by atoms with Crippen molar-refractivity contribution < 1.29 is 18.3 Å². The van der Waals surface area contributed by atoms with Crippen LogP contribution in [0, 0.1) is 10.8 Å². The summed E-state index contributed by atoms with van der Waals surface area (Å²) in [6.45, 7) is 8.44. The summed E-state index contributed by atoms with van der Waals surface area (Å²) in [7, 11) is -3.33. The summed E-state index contributed by atoms with van der Waals surface area (Å²) >= 11 is 0. The minimum atomic E-state index is -3.33. The highest BCUT2D eigenvalue weighted by Gasteiger charge is 2.54. The number of nitrogens with zero attached hydrogens (tertiary/aromatic N) is 4. The molecule has 0 saturated carbocycles. The third kappa shape index (κ3) is 3.74. The second-order valence-electron chi connectivity index (χ2n) is 8.83. The van der Waals surface area contributed by atoms with Crippen molar-refractivity contribution in [2.24, 2.45) is 10.8 Å². The fraction of sp³-hybridized carbons (Fsp3) is 0.722. The van der Waals surface area contributed by atoms with Crippen molar-refractivity contribution in [3.8, 4) is 0 Å². The van der Waals surface area contributed by atoms with Crippen LogP contribution >= 0.6 is 0 Å². The van der Waals surface area contributed by atoms with Crippen LogP contribution in [-0.2, 0) is 9.84 Å². The number of hydrogen-bond acceptors (Lipinski definition) is 6. The molecule has 0 aliphatic carbocycles. The van der Waals surface area contributed by atoms with Gasteiger partial charge in [0.1, 0.15) is 4.90 Å². The first kappa shape index (κ1) is 19.9. The van der Waals surface area contributed by atoms with E-state index in [9.17, 15) is 18.3 Å². The van der Waals surface area contributed by atoms with E-state index in [2.05, 4.69) is 35.6 Å². The van der Waals surface area contributed by atoms with Gasteiger partial charge in [0.2, 0.25) is 5.95 Å². The predicted octanol–water partition coefficient (Wildman–Crippen LogP) is 2.27. The Morgan fingerprint density at radius 3 is 2.11 bits per heavy atom. The first-order valence-electron chi connectivity index (χ1n) is 9.21. The van der Waals surface area contributed by atoms with E-state index in [1.807, 2.05) is 0 Å². The fourth-order valence-corrected chi connectivity index (χ4v) is 5.35. The molecule has 1 aromatic heterocycles. The van der Waals surface area contributed by atoms with Crippen molar-refractivity contribution in [2.75, 3.05) is 30.8 Å². The van der Waals surface area contributed by atoms with Crippen molar-refractivity contribution >= 4 is 21.9 Å². The first-order valence-corrected chi connectivity index (χ1v) is 11.1. The van der Waals surface area contributed by atoms with Gasteiger partial charge in [0, 0.05) is 31.9 Å². The molecule has 0 aromatic carbocycles. The number of rotatable bonds is 2. The van der Waals surface area contributed by atoms with Gasteiger partial charge in [-0.3, -0.25) is 0 Å². The molecular weight excluding hydrogens is 368 g/mol. The van der Waals surface area contributed by atoms with Gasteiger partial charge in [0.25, 0.3) is 0 Å². The molecular formula is C18H28N4O4S. The summed E-state index contributed by atoms with van der Waals surface area (Å²) < 4.78 is 23.3. The van der Waals surface area contributed by atoms with Crippen molar-refractivity contribution in [3.63, 3.8) is 0 Å². The topological polar surface area (TPSA) is 104 Å². The smallest absolute Gasteiger partial charge is 0.407 e. The number of hydrogen-bond donors (Lipinski definition) is 1. The van der Waals surface area contributed by atoms with Gasteiger partial charge in [-0.2, -0.15) is 0 Å². The third-order valence-electron chi connectivity index (χ3n) is 5.89. The zero-order valence-corrected chi connectivity index (χ0v) is 17.2. The molecule has 3 heterocycles. The van der Waals surface area contributed by atoms with Crippen LogP contribution in [0.5, 0.6) is 0 Å². The summed E-state index contributed by atoms with van der Waals surface area (Å²) in [5.74, 6) is 0.542. The molecule has 2 aliphatic heterocycles. The third-order valence-corrected chi connectivity index (χ3v) is 6.96. The maximum atomic E-state index is 11.7. The van der Waals surface area contributed by atoms with Crippen LogP contribution in [0.15, 0.2) is 17.3 Å². The van der Waals surface area contributed by atoms with E-state index in [-0.39, 0.29) is 21.8 Å². The van der Waals surface area contributed by atoms with Gasteiger partial charge in [-0.15, -0.1) is 0 Å². The van der Waals surface area contributed by atoms with E-state index in [4.69, 9.17) is 0 Å². The number of likely N-dealkylation sites (tertiary alicyclic amines) is 1. The zero-order chi connectivity index (χ0) is 20.0. The van der Waals surface area contributed by atoms with Crippen LogP contribution in [0.3, 0.4) is 0 Å². The van der Waals surface area contributed by atoms with E-state index < -0.39 is 15.9 Å². The lowest BCUT2D eigenvalue weighted by Crippen LogP contribution is -2.53. The minimum absolute atomic E-state index is 0.0169. The lowest BCUT2D eigenvalue weighted by molar-refractivity contribution is 0.0569. The average molecular weight is 397 g/mol. The molecule has 1 amide bonds. The molecule has 0 radical (unpaired) electrons. The van der Waals surface area contributed by atoms with E-state index in [1.54, 1.807) is 0 Å². The Balaban J connectivity index is 1.90. The van der Waals surface area contributed by atoms with Gasteiger partial charge in [0.05, 0.1) is 12.4 Å². The summed E-state index contributed by atoms with van der Waals surface area (Å²) in [5.41, 5.74) is -0.0379. The van der Waals surface area contributed by atoms with E-state index in [0.717, 1.165) is 32.1 Å². The molecule has 8 nitrogen and oxygen atoms in total. The second kappa shape index (κ2) is 6.61. The van der Waals surface area contributed by atoms with E-state index >= 15 is 0 Å². The van der Waals surface area contributed by atoms with E-state index in [1.165, 1.54) is 17.3 Å². The number of amides is 1. The van der Waals surface area contributed by atoms with E-state index in [0.29, 0.717) is 19.0 Å². The molecule has 2 aliphatic rings. The van der Waals surface area contributed by atoms with Crippen LogP contribution < -0.4 is 4.90 Å². The summed E-state index contributed by atoms with van der Waals surface area (Å²) in [4.78, 5) is 23.8. The normalized spacial score (nSPS) is 23.0. The summed E-state index contributed by atoms with van der Waals surface area (Å²) in [6, 6.07) is 0.157. The first-order chi connectivity index (χ1) is 12.4. The molecule has 1 unspecified atom stereocenters. The summed E-state index contributed by atoms with van der Waals surface area (Å²) in [6.07, 6.45) is 5.62. The molecule has 9 heteroatoms. The highest BCUT2D eigenvalue weighted by atomic mass is 32.2. The second-order valence-corrected chi connectivity index (χ2v) is 10.9. The van der Waals surface area contributed by atoms with Crippen LogP contribution in [0.2, 0.25) is 0 Å². The van der Waals surface area contributed by atoms with Crippen LogP contribution in [0.4, 0.5) is 10.7 Å². The summed E-state index contributed by atoms with van der Waals surface area (Å²) in [5, 5.41) is 9.26. The van der Waals surface area contributed by atoms with Crippen molar-refractivity contribution in [3.05, 3.63) is 12.4 Å². The predicted molar refractivity (Wildman–Crippen MR) is 102 cm³/mol. The minimum Gasteiger partial charge on any atom is -0.465 e. The number of aromatic nitrogens is 2. The fourth-order valence-electron chi connectivity index (χ4n) is 4.86. The molecule has 1 aromatic rings. The zero-order valence-electron chi connectivity index (χ0n) is 16.3. The molecule has 3 rings (SSSR count). The Hall–Kier alpha value is -1.90. The largest absolute Gasteiger partial charge is 0.465 e. The molecule has 1 spiro atoms. The highest BCUT2D eigenvalue weighted by molar-refractivity contribution is 7.90. The number of sulfone groups is 1. The monoisotopic (exact) mass is 396 g/mol. The van der Waals surface area contributed by atoms with Gasteiger partial charge < -0.3 is 14.9 Å². The van der Waals surface area contributed by atoms with Gasteiger partial charge in [0.15, 0.2) is 9.84 Å². The molecule has 0 bridgehead atoms. The van der Waals surface area contributed by atoms with Crippen molar-refractivity contribution in [2.45, 2.75) is 51.0 Å². The molecule has 150 valence electrons. The number of carboxylic acid groups (broad SMARTS) is 1. The van der Waals surface area contributed by atoms with Gasteiger partial charge in [-0.25, -0.2) is 23.2 Å². The highest BCUT2D eigenvalue weighted by Crippen LogP contribution is 2.52. The number of carbonyl (C=O) groups is 1. The van der Waals surface area contributed by atoms with Crippen LogP contribution in [0.1, 0.15) is 40.0 Å².